The lowest BCUT2D eigenvalue weighted by molar-refractivity contribution is 0.00422. The Morgan fingerprint density at radius 3 is 0.946 bits per heavy atom. The van der Waals surface area contributed by atoms with Crippen molar-refractivity contribution in [1.29, 1.82) is 0 Å². The van der Waals surface area contributed by atoms with Crippen molar-refractivity contribution in [1.82, 2.24) is 0 Å². The largest absolute Gasteiger partial charge is 0.499 e. The summed E-state index contributed by atoms with van der Waals surface area (Å²) in [4.78, 5) is 0. The smallest absolute Gasteiger partial charge is 0.119 e. The van der Waals surface area contributed by atoms with Crippen molar-refractivity contribution in [3.05, 3.63) is 38.5 Å². The van der Waals surface area contributed by atoms with Crippen molar-refractivity contribution in [2.75, 3.05) is 39.6 Å². The van der Waals surface area contributed by atoms with Crippen LogP contribution >= 0.6 is 0 Å². The molecule has 0 amide bonds. The maximum absolute atomic E-state index is 6.11. The molecule has 6 nitrogen and oxygen atoms in total. The normalized spacial score (nSPS) is 31.1. The third kappa shape index (κ3) is 10.9. The molecule has 3 saturated carbocycles. The molecule has 0 atom stereocenters. The molecule has 0 N–H and O–H groups in total. The Morgan fingerprint density at radius 1 is 0.432 bits per heavy atom. The van der Waals surface area contributed by atoms with Gasteiger partial charge in [0.15, 0.2) is 0 Å². The highest BCUT2D eigenvalue weighted by atomic mass is 32.2. The van der Waals surface area contributed by atoms with Crippen molar-refractivity contribution in [2.45, 2.75) is 111 Å². The molecule has 0 aromatic rings. The molecule has 212 valence electrons. The summed E-state index contributed by atoms with van der Waals surface area (Å²) in [6.07, 6.45) is 20.6. The van der Waals surface area contributed by atoms with Crippen LogP contribution in [0.4, 0.5) is 0 Å². The third-order valence-corrected chi connectivity index (χ3v) is 11.8. The van der Waals surface area contributed by atoms with Crippen molar-refractivity contribution < 1.29 is 28.4 Å². The van der Waals surface area contributed by atoms with Crippen molar-refractivity contribution in [3.63, 3.8) is 0 Å². The highest BCUT2D eigenvalue weighted by Gasteiger charge is 2.48. The lowest BCUT2D eigenvalue weighted by Crippen LogP contribution is -2.47. The number of hydrogen-bond donors (Lipinski definition) is 0. The second-order valence-corrected chi connectivity index (χ2v) is 13.1. The molecule has 0 saturated heterocycles. The van der Waals surface area contributed by atoms with Gasteiger partial charge in [-0.25, -0.2) is 0 Å². The molecule has 0 aliphatic heterocycles. The van der Waals surface area contributed by atoms with E-state index < -0.39 is 0 Å². The van der Waals surface area contributed by atoms with Gasteiger partial charge >= 0.3 is 0 Å². The summed E-state index contributed by atoms with van der Waals surface area (Å²) in [7, 11) is 0.465. The molecule has 0 unspecified atom stereocenters. The summed E-state index contributed by atoms with van der Waals surface area (Å²) < 4.78 is 34.0. The first kappa shape index (κ1) is 30.4. The van der Waals surface area contributed by atoms with E-state index >= 15 is 0 Å². The van der Waals surface area contributed by atoms with Gasteiger partial charge in [-0.3, -0.25) is 0 Å². The Balaban J connectivity index is 1.50. The zero-order valence-corrected chi connectivity index (χ0v) is 23.7. The third-order valence-electron chi connectivity index (χ3n) is 8.04. The van der Waals surface area contributed by atoms with Gasteiger partial charge in [0.2, 0.25) is 0 Å². The van der Waals surface area contributed by atoms with Gasteiger partial charge in [0.05, 0.1) is 56.9 Å². The Hall–Kier alpha value is -1.15. The standard InChI is InChI=1S/C30H51O6S/c1-4-31-19-22-34-25-7-13-28(14-8-25)37(29-15-9-26(10-16-29)35-23-20-32-5-2)30-17-11-27(12-18-30)36-24-21-33-6-3/h4-6,25-30H,1-3,7-24H2/q+1. The van der Waals surface area contributed by atoms with E-state index in [0.29, 0.717) is 68.8 Å². The number of ether oxygens (including phenoxy) is 6. The van der Waals surface area contributed by atoms with Crippen molar-refractivity contribution in [3.8, 4) is 0 Å². The molecule has 0 bridgehead atoms. The van der Waals surface area contributed by atoms with Gasteiger partial charge in [-0.05, 0) is 87.9 Å². The summed E-state index contributed by atoms with van der Waals surface area (Å²) in [5, 5.41) is 2.53. The maximum Gasteiger partial charge on any atom is 0.119 e. The predicted octanol–water partition coefficient (Wildman–Crippen LogP) is 6.07. The Kier molecular flexibility index (Phi) is 14.9. The first-order valence-corrected chi connectivity index (χ1v) is 15.9. The SMILES string of the molecule is C=COCCOC1CCC([S+](C2CCC(OCCOC=C)CC2)C2CCC(OCCOC=C)CC2)CC1. The van der Waals surface area contributed by atoms with Crippen LogP contribution in [0.25, 0.3) is 0 Å². The molecule has 0 heterocycles. The fraction of sp³-hybridized carbons (Fsp3) is 0.800. The first-order valence-electron chi connectivity index (χ1n) is 14.5. The van der Waals surface area contributed by atoms with E-state index in [0.717, 1.165) is 15.7 Å². The zero-order chi connectivity index (χ0) is 26.1. The van der Waals surface area contributed by atoms with E-state index in [-0.39, 0.29) is 0 Å². The quantitative estimate of drug-likeness (QED) is 0.120. The van der Waals surface area contributed by atoms with Crippen LogP contribution in [0, 0.1) is 0 Å². The minimum absolute atomic E-state index is 0.388. The molecule has 3 rings (SSSR count). The fourth-order valence-electron chi connectivity index (χ4n) is 6.27. The zero-order valence-electron chi connectivity index (χ0n) is 22.9. The van der Waals surface area contributed by atoms with Gasteiger partial charge in [-0.15, -0.1) is 0 Å². The molecule has 0 aromatic carbocycles. The molecular formula is C30H51O6S+. The van der Waals surface area contributed by atoms with Crippen LogP contribution in [0.2, 0.25) is 0 Å². The average Bonchev–Trinajstić information content (AvgIpc) is 2.94. The second kappa shape index (κ2) is 18.2. The van der Waals surface area contributed by atoms with Crippen LogP contribution in [-0.2, 0) is 39.3 Å². The molecule has 3 aliphatic carbocycles. The molecular weight excluding hydrogens is 488 g/mol. The van der Waals surface area contributed by atoms with Gasteiger partial charge < -0.3 is 28.4 Å². The Morgan fingerprint density at radius 2 is 0.703 bits per heavy atom. The van der Waals surface area contributed by atoms with E-state index in [2.05, 4.69) is 19.7 Å². The summed E-state index contributed by atoms with van der Waals surface area (Å²) in [6, 6.07) is 0. The molecule has 37 heavy (non-hydrogen) atoms. The van der Waals surface area contributed by atoms with Gasteiger partial charge in [0.1, 0.15) is 35.6 Å². The summed E-state index contributed by atoms with van der Waals surface area (Å²) in [5.41, 5.74) is 0. The minimum atomic E-state index is 0.388. The van der Waals surface area contributed by atoms with Crippen molar-refractivity contribution >= 4 is 10.9 Å². The Bertz CT molecular complexity index is 536. The van der Waals surface area contributed by atoms with Gasteiger partial charge in [-0.1, -0.05) is 19.7 Å². The summed E-state index contributed by atoms with van der Waals surface area (Å²) in [5.74, 6) is 0. The summed E-state index contributed by atoms with van der Waals surface area (Å²) >= 11 is 0. The fourth-order valence-corrected chi connectivity index (χ4v) is 10.4. The van der Waals surface area contributed by atoms with E-state index in [9.17, 15) is 0 Å². The van der Waals surface area contributed by atoms with Crippen LogP contribution in [-0.4, -0.2) is 73.7 Å². The summed E-state index contributed by atoms with van der Waals surface area (Å²) in [6.45, 7) is 14.6. The number of rotatable bonds is 18. The van der Waals surface area contributed by atoms with Gasteiger partial charge in [0.25, 0.3) is 0 Å². The molecule has 3 fully saturated rings. The van der Waals surface area contributed by atoms with Crippen LogP contribution in [0.3, 0.4) is 0 Å². The topological polar surface area (TPSA) is 55.4 Å². The van der Waals surface area contributed by atoms with Crippen molar-refractivity contribution in [2.24, 2.45) is 0 Å². The highest BCUT2D eigenvalue weighted by Crippen LogP contribution is 2.41. The minimum Gasteiger partial charge on any atom is -0.499 e. The predicted molar refractivity (Wildman–Crippen MR) is 152 cm³/mol. The molecule has 7 heteroatoms. The molecule has 3 aliphatic rings. The number of hydrogen-bond acceptors (Lipinski definition) is 6. The molecule has 0 aromatic heterocycles. The lowest BCUT2D eigenvalue weighted by atomic mass is 9.96. The van der Waals surface area contributed by atoms with Crippen LogP contribution in [0.15, 0.2) is 38.5 Å². The van der Waals surface area contributed by atoms with E-state index in [1.807, 2.05) is 0 Å². The maximum atomic E-state index is 6.11. The van der Waals surface area contributed by atoms with Crippen LogP contribution < -0.4 is 0 Å². The average molecular weight is 540 g/mol. The Labute approximate surface area is 228 Å². The first-order chi connectivity index (χ1) is 18.2. The van der Waals surface area contributed by atoms with Crippen LogP contribution in [0.5, 0.6) is 0 Å². The van der Waals surface area contributed by atoms with Gasteiger partial charge in [-0.2, -0.15) is 0 Å². The van der Waals surface area contributed by atoms with Gasteiger partial charge in [0, 0.05) is 0 Å². The monoisotopic (exact) mass is 539 g/mol. The van der Waals surface area contributed by atoms with Crippen LogP contribution in [0.1, 0.15) is 77.0 Å². The highest BCUT2D eigenvalue weighted by molar-refractivity contribution is 7.98. The molecule has 0 radical (unpaired) electrons. The van der Waals surface area contributed by atoms with E-state index in [1.54, 1.807) is 0 Å². The van der Waals surface area contributed by atoms with E-state index in [4.69, 9.17) is 28.4 Å². The molecule has 0 spiro atoms. The second-order valence-electron chi connectivity index (χ2n) is 10.3. The van der Waals surface area contributed by atoms with E-state index in [1.165, 1.54) is 95.8 Å². The lowest BCUT2D eigenvalue weighted by Gasteiger charge is -2.39.